The van der Waals surface area contributed by atoms with E-state index in [9.17, 15) is 9.18 Å². The van der Waals surface area contributed by atoms with Gasteiger partial charge in [-0.05, 0) is 36.8 Å². The third-order valence-electron chi connectivity index (χ3n) is 3.31. The zero-order valence-corrected chi connectivity index (χ0v) is 11.5. The van der Waals surface area contributed by atoms with Crippen molar-refractivity contribution in [2.45, 2.75) is 6.92 Å². The van der Waals surface area contributed by atoms with E-state index < -0.39 is 0 Å². The molecule has 0 saturated carbocycles. The molecule has 2 aromatic carbocycles. The Morgan fingerprint density at radius 1 is 1.10 bits per heavy atom. The van der Waals surface area contributed by atoms with E-state index in [2.05, 4.69) is 5.10 Å². The van der Waals surface area contributed by atoms with Crippen LogP contribution in [0.1, 0.15) is 21.6 Å². The molecule has 0 spiro atoms. The summed E-state index contributed by atoms with van der Waals surface area (Å²) in [6.45, 7) is 1.66. The summed E-state index contributed by atoms with van der Waals surface area (Å²) >= 11 is 0. The maximum Gasteiger partial charge on any atom is 0.211 e. The minimum absolute atomic E-state index is 0.254. The largest absolute Gasteiger partial charge is 0.287 e. The Bertz CT molecular complexity index is 794. The highest BCUT2D eigenvalue weighted by molar-refractivity contribution is 6.08. The second-order valence-corrected chi connectivity index (χ2v) is 4.76. The molecule has 4 heteroatoms. The fraction of sp³-hybridized carbons (Fsp3) is 0.0588. The SMILES string of the molecule is Cc1ccc(C(=O)c2ccnn2-c2ccccc2)cc1F. The standard InChI is InChI=1S/C17H13FN2O/c1-12-7-8-13(11-15(12)18)17(21)16-9-10-19-20(16)14-5-3-2-4-6-14/h2-11H,1H3. The molecule has 21 heavy (non-hydrogen) atoms. The van der Waals surface area contributed by atoms with Crippen LogP contribution in [0.15, 0.2) is 60.8 Å². The van der Waals surface area contributed by atoms with Gasteiger partial charge in [-0.2, -0.15) is 5.10 Å². The number of aryl methyl sites for hydroxylation is 1. The molecule has 104 valence electrons. The van der Waals surface area contributed by atoms with E-state index in [0.29, 0.717) is 16.8 Å². The summed E-state index contributed by atoms with van der Waals surface area (Å²) in [6.07, 6.45) is 1.56. The average Bonchev–Trinajstić information content (AvgIpc) is 2.99. The van der Waals surface area contributed by atoms with Gasteiger partial charge in [0.2, 0.25) is 5.78 Å². The van der Waals surface area contributed by atoms with Gasteiger partial charge in [-0.3, -0.25) is 4.79 Å². The predicted molar refractivity (Wildman–Crippen MR) is 78.1 cm³/mol. The Morgan fingerprint density at radius 3 is 2.57 bits per heavy atom. The van der Waals surface area contributed by atoms with Gasteiger partial charge in [0.1, 0.15) is 11.5 Å². The van der Waals surface area contributed by atoms with Crippen molar-refractivity contribution >= 4 is 5.78 Å². The van der Waals surface area contributed by atoms with Gasteiger partial charge in [0.05, 0.1) is 11.9 Å². The van der Waals surface area contributed by atoms with E-state index in [0.717, 1.165) is 5.69 Å². The highest BCUT2D eigenvalue weighted by atomic mass is 19.1. The van der Waals surface area contributed by atoms with Gasteiger partial charge in [0.15, 0.2) is 0 Å². The second kappa shape index (κ2) is 5.32. The lowest BCUT2D eigenvalue weighted by Gasteiger charge is -2.07. The van der Waals surface area contributed by atoms with E-state index in [-0.39, 0.29) is 11.6 Å². The molecule has 0 aliphatic carbocycles. The van der Waals surface area contributed by atoms with Crippen LogP contribution in [0.4, 0.5) is 4.39 Å². The Hall–Kier alpha value is -2.75. The zero-order valence-electron chi connectivity index (χ0n) is 11.5. The normalized spacial score (nSPS) is 10.6. The van der Waals surface area contributed by atoms with Crippen molar-refractivity contribution in [3.05, 3.63) is 83.4 Å². The molecule has 0 amide bonds. The molecule has 0 atom stereocenters. The molecule has 0 fully saturated rings. The van der Waals surface area contributed by atoms with Gasteiger partial charge in [0, 0.05) is 5.56 Å². The van der Waals surface area contributed by atoms with E-state index in [4.69, 9.17) is 0 Å². The number of carbonyl (C=O) groups excluding carboxylic acids is 1. The molecule has 0 aliphatic rings. The van der Waals surface area contributed by atoms with E-state index >= 15 is 0 Å². The first kappa shape index (κ1) is 13.2. The lowest BCUT2D eigenvalue weighted by atomic mass is 10.1. The number of aromatic nitrogens is 2. The average molecular weight is 280 g/mol. The van der Waals surface area contributed by atoms with Crippen LogP contribution in [0.2, 0.25) is 0 Å². The summed E-state index contributed by atoms with van der Waals surface area (Å²) < 4.78 is 15.2. The molecule has 1 aromatic heterocycles. The molecular weight excluding hydrogens is 267 g/mol. The zero-order chi connectivity index (χ0) is 14.8. The highest BCUT2D eigenvalue weighted by Crippen LogP contribution is 2.16. The third kappa shape index (κ3) is 2.48. The topological polar surface area (TPSA) is 34.9 Å². The lowest BCUT2D eigenvalue weighted by Crippen LogP contribution is -2.10. The first-order valence-corrected chi connectivity index (χ1v) is 6.57. The van der Waals surface area contributed by atoms with Gasteiger partial charge >= 0.3 is 0 Å². The van der Waals surface area contributed by atoms with Crippen LogP contribution < -0.4 is 0 Å². The number of para-hydroxylation sites is 1. The molecule has 3 rings (SSSR count). The smallest absolute Gasteiger partial charge is 0.211 e. The van der Waals surface area contributed by atoms with Gasteiger partial charge in [0.25, 0.3) is 0 Å². The number of rotatable bonds is 3. The Morgan fingerprint density at radius 2 is 1.86 bits per heavy atom. The number of halogens is 1. The summed E-state index contributed by atoms with van der Waals surface area (Å²) in [5, 5.41) is 4.18. The van der Waals surface area contributed by atoms with Crippen LogP contribution in [0, 0.1) is 12.7 Å². The first-order chi connectivity index (χ1) is 10.2. The first-order valence-electron chi connectivity index (χ1n) is 6.57. The molecule has 3 aromatic rings. The molecule has 0 aliphatic heterocycles. The molecule has 0 unspecified atom stereocenters. The van der Waals surface area contributed by atoms with Crippen LogP contribution >= 0.6 is 0 Å². The van der Waals surface area contributed by atoms with Crippen molar-refractivity contribution < 1.29 is 9.18 Å². The summed E-state index contributed by atoms with van der Waals surface area (Å²) in [4.78, 5) is 12.5. The number of benzene rings is 2. The Labute approximate surface area is 121 Å². The molecular formula is C17H13FN2O. The number of hydrogen-bond donors (Lipinski definition) is 0. The summed E-state index contributed by atoms with van der Waals surface area (Å²) in [5.41, 5.74) is 2.03. The summed E-state index contributed by atoms with van der Waals surface area (Å²) in [5.74, 6) is -0.637. The van der Waals surface area contributed by atoms with Gasteiger partial charge in [-0.25, -0.2) is 9.07 Å². The maximum absolute atomic E-state index is 13.6. The van der Waals surface area contributed by atoms with Crippen LogP contribution in [0.5, 0.6) is 0 Å². The minimum Gasteiger partial charge on any atom is -0.287 e. The quantitative estimate of drug-likeness (QED) is 0.688. The van der Waals surface area contributed by atoms with Gasteiger partial charge in [-0.1, -0.05) is 30.3 Å². The van der Waals surface area contributed by atoms with Crippen LogP contribution in [0.3, 0.4) is 0 Å². The summed E-state index contributed by atoms with van der Waals surface area (Å²) in [6, 6.07) is 15.5. The fourth-order valence-electron chi connectivity index (χ4n) is 2.13. The van der Waals surface area contributed by atoms with Gasteiger partial charge in [-0.15, -0.1) is 0 Å². The lowest BCUT2D eigenvalue weighted by molar-refractivity contribution is 0.103. The highest BCUT2D eigenvalue weighted by Gasteiger charge is 2.16. The van der Waals surface area contributed by atoms with Crippen molar-refractivity contribution in [1.82, 2.24) is 9.78 Å². The number of nitrogens with zero attached hydrogens (tertiary/aromatic N) is 2. The van der Waals surface area contributed by atoms with E-state index in [1.807, 2.05) is 30.3 Å². The number of hydrogen-bond acceptors (Lipinski definition) is 2. The van der Waals surface area contributed by atoms with Crippen LogP contribution in [-0.2, 0) is 0 Å². The molecule has 0 N–H and O–H groups in total. The molecule has 1 heterocycles. The fourth-order valence-corrected chi connectivity index (χ4v) is 2.13. The van der Waals surface area contributed by atoms with Gasteiger partial charge < -0.3 is 0 Å². The molecule has 0 radical (unpaired) electrons. The van der Waals surface area contributed by atoms with Crippen molar-refractivity contribution in [2.75, 3.05) is 0 Å². The van der Waals surface area contributed by atoms with Crippen molar-refractivity contribution in [1.29, 1.82) is 0 Å². The second-order valence-electron chi connectivity index (χ2n) is 4.76. The van der Waals surface area contributed by atoms with Crippen molar-refractivity contribution in [2.24, 2.45) is 0 Å². The van der Waals surface area contributed by atoms with Crippen LogP contribution in [-0.4, -0.2) is 15.6 Å². The Kier molecular flexibility index (Phi) is 3.36. The van der Waals surface area contributed by atoms with Crippen molar-refractivity contribution in [3.8, 4) is 5.69 Å². The monoisotopic (exact) mass is 280 g/mol. The maximum atomic E-state index is 13.6. The Balaban J connectivity index is 2.03. The number of ketones is 1. The van der Waals surface area contributed by atoms with Crippen molar-refractivity contribution in [3.63, 3.8) is 0 Å². The third-order valence-corrected chi connectivity index (χ3v) is 3.31. The van der Waals surface area contributed by atoms with E-state index in [1.54, 1.807) is 36.0 Å². The number of carbonyl (C=O) groups is 1. The van der Waals surface area contributed by atoms with Crippen LogP contribution in [0.25, 0.3) is 5.69 Å². The molecule has 0 saturated heterocycles. The minimum atomic E-state index is -0.383. The molecule has 0 bridgehead atoms. The summed E-state index contributed by atoms with van der Waals surface area (Å²) in [7, 11) is 0. The molecule has 3 nitrogen and oxygen atoms in total. The van der Waals surface area contributed by atoms with E-state index in [1.165, 1.54) is 6.07 Å². The predicted octanol–water partition coefficient (Wildman–Crippen LogP) is 3.55.